The summed E-state index contributed by atoms with van der Waals surface area (Å²) in [5.41, 5.74) is 7.75. The summed E-state index contributed by atoms with van der Waals surface area (Å²) in [7, 11) is 0. The molecule has 0 saturated carbocycles. The van der Waals surface area contributed by atoms with Gasteiger partial charge in [-0.15, -0.1) is 0 Å². The number of nitrogens with zero attached hydrogens (tertiary/aromatic N) is 1. The summed E-state index contributed by atoms with van der Waals surface area (Å²) < 4.78 is 0. The van der Waals surface area contributed by atoms with E-state index in [1.54, 1.807) is 0 Å². The van der Waals surface area contributed by atoms with Crippen molar-refractivity contribution in [1.82, 2.24) is 4.98 Å². The summed E-state index contributed by atoms with van der Waals surface area (Å²) in [6.45, 7) is 0. The van der Waals surface area contributed by atoms with Crippen LogP contribution in [0.5, 0.6) is 0 Å². The minimum atomic E-state index is 0.919. The Morgan fingerprint density at radius 3 is 1.90 bits per heavy atom. The molecule has 0 spiro atoms. The molecule has 0 aliphatic carbocycles. The maximum absolute atomic E-state index is 5.00. The minimum Gasteiger partial charge on any atom is -0.248 e. The van der Waals surface area contributed by atoms with Crippen LogP contribution in [-0.4, -0.2) is 4.98 Å². The zero-order chi connectivity index (χ0) is 28.4. The molecular formula is C41H31N. The van der Waals surface area contributed by atoms with Crippen molar-refractivity contribution < 1.29 is 0 Å². The standard InChI is InChI=1S/C41H31N/c1(5-18-33-25-26-35-21-13-14-22-36(35)29-33)2-10-24-39-30-38(23-12-11-17-32-15-6-3-7-16-32)40-28-27-37(31-41(40)42-39)34-19-8-4-9-20-34/h1-31H/b2-1+,17-11+,18-5+,23-12+,24-10+. The molecular weight excluding hydrogens is 506 g/mol. The molecule has 42 heavy (non-hydrogen) atoms. The van der Waals surface area contributed by atoms with Crippen molar-refractivity contribution in [1.29, 1.82) is 0 Å². The van der Waals surface area contributed by atoms with Gasteiger partial charge in [-0.1, -0.05) is 164 Å². The van der Waals surface area contributed by atoms with E-state index < -0.39 is 0 Å². The van der Waals surface area contributed by atoms with Crippen molar-refractivity contribution in [3.05, 3.63) is 186 Å². The number of allylic oxidation sites excluding steroid dienone is 6. The molecule has 0 atom stereocenters. The smallest absolute Gasteiger partial charge is 0.0721 e. The van der Waals surface area contributed by atoms with Gasteiger partial charge < -0.3 is 0 Å². The SMILES string of the molecule is C(=C\C=C\c1cc(/C=C/C=C/c2ccccc2)c2ccc(-c3ccccc3)cc2n1)/C=C/c1ccc2ccccc2c1. The van der Waals surface area contributed by atoms with Crippen LogP contribution in [0.1, 0.15) is 22.4 Å². The molecule has 0 unspecified atom stereocenters. The molecule has 0 fully saturated rings. The van der Waals surface area contributed by atoms with Crippen LogP contribution in [0, 0.1) is 0 Å². The molecule has 0 amide bonds. The van der Waals surface area contributed by atoms with Gasteiger partial charge in [0.25, 0.3) is 0 Å². The molecule has 200 valence electrons. The number of benzene rings is 5. The van der Waals surface area contributed by atoms with Crippen LogP contribution in [0.2, 0.25) is 0 Å². The molecule has 0 saturated heterocycles. The Morgan fingerprint density at radius 1 is 0.405 bits per heavy atom. The van der Waals surface area contributed by atoms with E-state index in [-0.39, 0.29) is 0 Å². The Hall–Kier alpha value is -5.53. The van der Waals surface area contributed by atoms with E-state index in [9.17, 15) is 0 Å². The highest BCUT2D eigenvalue weighted by atomic mass is 14.7. The molecule has 0 radical (unpaired) electrons. The highest BCUT2D eigenvalue weighted by Crippen LogP contribution is 2.27. The van der Waals surface area contributed by atoms with Gasteiger partial charge in [-0.3, -0.25) is 0 Å². The maximum Gasteiger partial charge on any atom is 0.0721 e. The summed E-state index contributed by atoms with van der Waals surface area (Å²) in [6, 6.07) is 44.4. The van der Waals surface area contributed by atoms with Crippen molar-refractivity contribution in [3.8, 4) is 11.1 Å². The first-order valence-electron chi connectivity index (χ1n) is 14.2. The van der Waals surface area contributed by atoms with E-state index in [1.165, 1.54) is 27.5 Å². The lowest BCUT2D eigenvalue weighted by Crippen LogP contribution is -1.89. The number of rotatable bonds is 8. The zero-order valence-corrected chi connectivity index (χ0v) is 23.3. The fourth-order valence-electron chi connectivity index (χ4n) is 4.96. The average molecular weight is 538 g/mol. The van der Waals surface area contributed by atoms with Crippen LogP contribution in [0.3, 0.4) is 0 Å². The first-order chi connectivity index (χ1) is 20.8. The molecule has 1 heterocycles. The lowest BCUT2D eigenvalue weighted by Gasteiger charge is -2.08. The molecule has 1 aromatic heterocycles. The third-order valence-electron chi connectivity index (χ3n) is 7.11. The van der Waals surface area contributed by atoms with Gasteiger partial charge in [-0.25, -0.2) is 4.98 Å². The minimum absolute atomic E-state index is 0.919. The molecule has 0 aliphatic heterocycles. The van der Waals surface area contributed by atoms with E-state index in [4.69, 9.17) is 4.98 Å². The van der Waals surface area contributed by atoms with E-state index in [0.717, 1.165) is 27.7 Å². The fourth-order valence-corrected chi connectivity index (χ4v) is 4.96. The average Bonchev–Trinajstić information content (AvgIpc) is 3.05. The second kappa shape index (κ2) is 13.2. The molecule has 6 aromatic rings. The first-order valence-corrected chi connectivity index (χ1v) is 14.2. The molecule has 0 N–H and O–H groups in total. The normalized spacial score (nSPS) is 12.3. The molecule has 6 rings (SSSR count). The molecule has 1 nitrogen and oxygen atoms in total. The van der Waals surface area contributed by atoms with Gasteiger partial charge in [0.1, 0.15) is 0 Å². The molecule has 5 aromatic carbocycles. The topological polar surface area (TPSA) is 12.9 Å². The van der Waals surface area contributed by atoms with Gasteiger partial charge in [0.15, 0.2) is 0 Å². The number of hydrogen-bond acceptors (Lipinski definition) is 1. The predicted octanol–water partition coefficient (Wildman–Crippen LogP) is 11.1. The summed E-state index contributed by atoms with van der Waals surface area (Å²) in [5.74, 6) is 0. The van der Waals surface area contributed by atoms with Crippen molar-refractivity contribution in [2.45, 2.75) is 0 Å². The van der Waals surface area contributed by atoms with E-state index in [2.05, 4.69) is 164 Å². The van der Waals surface area contributed by atoms with E-state index in [1.807, 2.05) is 24.3 Å². The van der Waals surface area contributed by atoms with Crippen LogP contribution in [0.4, 0.5) is 0 Å². The Balaban J connectivity index is 1.25. The zero-order valence-electron chi connectivity index (χ0n) is 23.3. The highest BCUT2D eigenvalue weighted by molar-refractivity contribution is 5.92. The van der Waals surface area contributed by atoms with Gasteiger partial charge in [0.2, 0.25) is 0 Å². The summed E-state index contributed by atoms with van der Waals surface area (Å²) in [4.78, 5) is 5.00. The second-order valence-electron chi connectivity index (χ2n) is 10.1. The van der Waals surface area contributed by atoms with Crippen LogP contribution >= 0.6 is 0 Å². The monoisotopic (exact) mass is 537 g/mol. The number of aromatic nitrogens is 1. The molecule has 1 heteroatoms. The molecule has 0 aliphatic rings. The van der Waals surface area contributed by atoms with Crippen molar-refractivity contribution in [3.63, 3.8) is 0 Å². The van der Waals surface area contributed by atoms with Gasteiger partial charge in [-0.2, -0.15) is 0 Å². The van der Waals surface area contributed by atoms with Gasteiger partial charge in [0, 0.05) is 5.39 Å². The number of pyridine rings is 1. The summed E-state index contributed by atoms with van der Waals surface area (Å²) >= 11 is 0. The summed E-state index contributed by atoms with van der Waals surface area (Å²) in [6.07, 6.45) is 20.9. The van der Waals surface area contributed by atoms with Crippen molar-refractivity contribution in [2.24, 2.45) is 0 Å². The third-order valence-corrected chi connectivity index (χ3v) is 7.11. The Labute approximate surface area is 247 Å². The quantitative estimate of drug-likeness (QED) is 0.176. The number of hydrogen-bond donors (Lipinski definition) is 0. The Morgan fingerprint density at radius 2 is 1.07 bits per heavy atom. The summed E-state index contributed by atoms with van der Waals surface area (Å²) in [5, 5.41) is 3.64. The predicted molar refractivity (Wildman–Crippen MR) is 183 cm³/mol. The number of fused-ring (bicyclic) bond motifs is 2. The third kappa shape index (κ3) is 6.78. The Bertz CT molecular complexity index is 1960. The van der Waals surface area contributed by atoms with Crippen molar-refractivity contribution >= 4 is 46.0 Å². The highest BCUT2D eigenvalue weighted by Gasteiger charge is 2.05. The van der Waals surface area contributed by atoms with E-state index >= 15 is 0 Å². The fraction of sp³-hybridized carbons (Fsp3) is 0. The van der Waals surface area contributed by atoms with Crippen molar-refractivity contribution in [2.75, 3.05) is 0 Å². The van der Waals surface area contributed by atoms with E-state index in [0.29, 0.717) is 0 Å². The van der Waals surface area contributed by atoms with Crippen LogP contribution < -0.4 is 0 Å². The second-order valence-corrected chi connectivity index (χ2v) is 10.1. The van der Waals surface area contributed by atoms with Gasteiger partial charge >= 0.3 is 0 Å². The van der Waals surface area contributed by atoms with Crippen LogP contribution in [0.25, 0.3) is 57.1 Å². The lowest BCUT2D eigenvalue weighted by molar-refractivity contribution is 1.36. The first kappa shape index (κ1) is 26.7. The lowest BCUT2D eigenvalue weighted by atomic mass is 10.0. The van der Waals surface area contributed by atoms with Gasteiger partial charge in [0.05, 0.1) is 11.2 Å². The maximum atomic E-state index is 5.00. The van der Waals surface area contributed by atoms with Crippen LogP contribution in [0.15, 0.2) is 164 Å². The van der Waals surface area contributed by atoms with Gasteiger partial charge in [-0.05, 0) is 62.9 Å². The largest absolute Gasteiger partial charge is 0.248 e. The molecule has 0 bridgehead atoms. The Kier molecular flexibility index (Phi) is 8.40. The van der Waals surface area contributed by atoms with Crippen LogP contribution in [-0.2, 0) is 0 Å².